The van der Waals surface area contributed by atoms with E-state index >= 15 is 0 Å². The standard InChI is InChI=1S/C26H27ClN6O5/c1-3-23(34)29-17-5-4-6-19(13-17)38-25-20(27)15-28-26(31-25)30-21-8-7-18(14-22(21)37-2)33-11-9-32(10-12-33)16-24(35)36/h3-8,13-15H,1,9-12,16H2,2H3,(H,29,34)(H,35,36)(H,28,30,31). The van der Waals surface area contributed by atoms with Crippen LogP contribution in [-0.2, 0) is 9.59 Å². The molecule has 0 saturated carbocycles. The van der Waals surface area contributed by atoms with E-state index in [9.17, 15) is 9.59 Å². The van der Waals surface area contributed by atoms with E-state index in [1.54, 1.807) is 31.4 Å². The smallest absolute Gasteiger partial charge is 0.317 e. The molecule has 4 rings (SSSR count). The van der Waals surface area contributed by atoms with Gasteiger partial charge in [-0.1, -0.05) is 24.2 Å². The molecule has 0 unspecified atom stereocenters. The van der Waals surface area contributed by atoms with Crippen LogP contribution in [0.4, 0.5) is 23.0 Å². The van der Waals surface area contributed by atoms with Crippen LogP contribution in [0.25, 0.3) is 0 Å². The molecule has 0 bridgehead atoms. The highest BCUT2D eigenvalue weighted by Gasteiger charge is 2.20. The first-order valence-electron chi connectivity index (χ1n) is 11.7. The molecule has 1 amide bonds. The van der Waals surface area contributed by atoms with Crippen LogP contribution in [0.2, 0.25) is 5.02 Å². The first-order valence-corrected chi connectivity index (χ1v) is 12.1. The Morgan fingerprint density at radius 2 is 1.97 bits per heavy atom. The molecule has 3 aromatic rings. The van der Waals surface area contributed by atoms with Gasteiger partial charge in [-0.05, 0) is 30.3 Å². The van der Waals surface area contributed by atoms with E-state index in [2.05, 4.69) is 32.1 Å². The average molecular weight is 539 g/mol. The molecule has 2 heterocycles. The molecule has 1 aromatic heterocycles. The van der Waals surface area contributed by atoms with Crippen molar-refractivity contribution in [3.8, 4) is 17.4 Å². The second kappa shape index (κ2) is 12.3. The molecule has 0 atom stereocenters. The van der Waals surface area contributed by atoms with E-state index in [4.69, 9.17) is 26.2 Å². The highest BCUT2D eigenvalue weighted by molar-refractivity contribution is 6.31. The van der Waals surface area contributed by atoms with E-state index in [1.165, 1.54) is 12.3 Å². The highest BCUT2D eigenvalue weighted by atomic mass is 35.5. The Labute approximate surface area is 224 Å². The molecule has 1 aliphatic rings. The van der Waals surface area contributed by atoms with Crippen molar-refractivity contribution in [1.82, 2.24) is 14.9 Å². The number of aromatic nitrogens is 2. The van der Waals surface area contributed by atoms with Gasteiger partial charge in [-0.2, -0.15) is 4.98 Å². The van der Waals surface area contributed by atoms with Gasteiger partial charge in [0, 0.05) is 49.7 Å². The Morgan fingerprint density at radius 1 is 1.18 bits per heavy atom. The normalized spacial score (nSPS) is 13.5. The van der Waals surface area contributed by atoms with E-state index in [-0.39, 0.29) is 29.3 Å². The molecule has 0 spiro atoms. The lowest BCUT2D eigenvalue weighted by Gasteiger charge is -2.35. The number of nitrogens with one attached hydrogen (secondary N) is 2. The van der Waals surface area contributed by atoms with Gasteiger partial charge < -0.3 is 30.1 Å². The summed E-state index contributed by atoms with van der Waals surface area (Å²) in [6.07, 6.45) is 2.60. The maximum absolute atomic E-state index is 11.6. The van der Waals surface area contributed by atoms with E-state index in [0.29, 0.717) is 49.1 Å². The van der Waals surface area contributed by atoms with Gasteiger partial charge in [-0.3, -0.25) is 14.5 Å². The number of amides is 1. The van der Waals surface area contributed by atoms with Gasteiger partial charge in [0.2, 0.25) is 17.7 Å². The SMILES string of the molecule is C=CC(=O)Nc1cccc(Oc2nc(Nc3ccc(N4CCN(CC(=O)O)CC4)cc3OC)ncc2Cl)c1. The van der Waals surface area contributed by atoms with Crippen LogP contribution >= 0.6 is 11.6 Å². The van der Waals surface area contributed by atoms with E-state index in [1.807, 2.05) is 23.1 Å². The minimum absolute atomic E-state index is 0.0458. The number of rotatable bonds is 10. The molecular formula is C26H27ClN6O5. The number of carbonyl (C=O) groups excluding carboxylic acids is 1. The second-order valence-corrected chi connectivity index (χ2v) is 8.74. The fourth-order valence-electron chi connectivity index (χ4n) is 3.88. The molecule has 11 nitrogen and oxygen atoms in total. The summed E-state index contributed by atoms with van der Waals surface area (Å²) in [7, 11) is 1.57. The Kier molecular flexibility index (Phi) is 8.62. The third-order valence-electron chi connectivity index (χ3n) is 5.74. The zero-order chi connectivity index (χ0) is 27.1. The molecule has 12 heteroatoms. The fraction of sp³-hybridized carbons (Fsp3) is 0.231. The summed E-state index contributed by atoms with van der Waals surface area (Å²) in [6, 6.07) is 12.5. The second-order valence-electron chi connectivity index (χ2n) is 8.34. The lowest BCUT2D eigenvalue weighted by Crippen LogP contribution is -2.47. The van der Waals surface area contributed by atoms with Gasteiger partial charge in [0.15, 0.2) is 0 Å². The first kappa shape index (κ1) is 26.7. The predicted molar refractivity (Wildman–Crippen MR) is 145 cm³/mol. The quantitative estimate of drug-likeness (QED) is 0.326. The van der Waals surface area contributed by atoms with Crippen molar-refractivity contribution in [3.63, 3.8) is 0 Å². The number of benzene rings is 2. The van der Waals surface area contributed by atoms with Crippen molar-refractivity contribution in [1.29, 1.82) is 0 Å². The molecule has 198 valence electrons. The first-order chi connectivity index (χ1) is 18.3. The van der Waals surface area contributed by atoms with Gasteiger partial charge in [-0.25, -0.2) is 4.98 Å². The van der Waals surface area contributed by atoms with Crippen LogP contribution in [0.1, 0.15) is 0 Å². The monoisotopic (exact) mass is 538 g/mol. The van der Waals surface area contributed by atoms with Gasteiger partial charge in [0.05, 0.1) is 25.5 Å². The number of halogens is 1. The van der Waals surface area contributed by atoms with Crippen LogP contribution in [0, 0.1) is 0 Å². The Hall–Kier alpha value is -4.35. The van der Waals surface area contributed by atoms with Crippen LogP contribution in [0.3, 0.4) is 0 Å². The number of methoxy groups -OCH3 is 1. The molecule has 1 saturated heterocycles. The minimum atomic E-state index is -0.820. The number of anilines is 4. The number of carbonyl (C=O) groups is 2. The molecular weight excluding hydrogens is 512 g/mol. The fourth-order valence-corrected chi connectivity index (χ4v) is 4.01. The van der Waals surface area contributed by atoms with Crippen molar-refractivity contribution in [2.75, 3.05) is 55.4 Å². The molecule has 1 fully saturated rings. The summed E-state index contributed by atoms with van der Waals surface area (Å²) < 4.78 is 11.4. The van der Waals surface area contributed by atoms with Crippen LogP contribution in [0.15, 0.2) is 61.3 Å². The highest BCUT2D eigenvalue weighted by Crippen LogP contribution is 2.34. The Morgan fingerprint density at radius 3 is 2.68 bits per heavy atom. The van der Waals surface area contributed by atoms with Crippen molar-refractivity contribution in [2.24, 2.45) is 0 Å². The third-order valence-corrected chi connectivity index (χ3v) is 6.00. The van der Waals surface area contributed by atoms with Gasteiger partial charge in [0.1, 0.15) is 16.5 Å². The van der Waals surface area contributed by atoms with Gasteiger partial charge >= 0.3 is 5.97 Å². The minimum Gasteiger partial charge on any atom is -0.494 e. The number of nitrogens with zero attached hydrogens (tertiary/aromatic N) is 4. The topological polar surface area (TPSA) is 129 Å². The third kappa shape index (κ3) is 6.90. The van der Waals surface area contributed by atoms with Crippen molar-refractivity contribution in [2.45, 2.75) is 0 Å². The molecule has 1 aliphatic heterocycles. The number of hydrogen-bond acceptors (Lipinski definition) is 9. The number of aliphatic carboxylic acids is 1. The molecule has 0 aliphatic carbocycles. The maximum atomic E-state index is 11.6. The lowest BCUT2D eigenvalue weighted by molar-refractivity contribution is -0.138. The zero-order valence-electron chi connectivity index (χ0n) is 20.7. The summed E-state index contributed by atoms with van der Waals surface area (Å²) in [5, 5.41) is 15.0. The molecule has 2 aromatic carbocycles. The molecule has 3 N–H and O–H groups in total. The van der Waals surface area contributed by atoms with E-state index < -0.39 is 5.97 Å². The summed E-state index contributed by atoms with van der Waals surface area (Å²) >= 11 is 6.27. The summed E-state index contributed by atoms with van der Waals surface area (Å²) in [4.78, 5) is 35.3. The molecule has 38 heavy (non-hydrogen) atoms. The number of ether oxygens (including phenoxy) is 2. The largest absolute Gasteiger partial charge is 0.494 e. The van der Waals surface area contributed by atoms with Gasteiger partial charge in [-0.15, -0.1) is 0 Å². The Balaban J connectivity index is 1.46. The summed E-state index contributed by atoms with van der Waals surface area (Å²) in [5.74, 6) is 0.221. The van der Waals surface area contributed by atoms with Crippen LogP contribution < -0.4 is 25.0 Å². The summed E-state index contributed by atoms with van der Waals surface area (Å²) in [6.45, 7) is 6.24. The van der Waals surface area contributed by atoms with Crippen molar-refractivity contribution in [3.05, 3.63) is 66.3 Å². The summed E-state index contributed by atoms with van der Waals surface area (Å²) in [5.41, 5.74) is 2.14. The van der Waals surface area contributed by atoms with Crippen LogP contribution in [0.5, 0.6) is 17.4 Å². The lowest BCUT2D eigenvalue weighted by atomic mass is 10.2. The molecule has 0 radical (unpaired) electrons. The number of carboxylic acid groups (broad SMARTS) is 1. The van der Waals surface area contributed by atoms with Crippen LogP contribution in [-0.4, -0.2) is 71.7 Å². The maximum Gasteiger partial charge on any atom is 0.317 e. The Bertz CT molecular complexity index is 1330. The predicted octanol–water partition coefficient (Wildman–Crippen LogP) is 4.01. The van der Waals surface area contributed by atoms with Crippen molar-refractivity contribution < 1.29 is 24.2 Å². The average Bonchev–Trinajstić information content (AvgIpc) is 2.91. The van der Waals surface area contributed by atoms with E-state index in [0.717, 1.165) is 5.69 Å². The number of carboxylic acids is 1. The number of hydrogen-bond donors (Lipinski definition) is 3. The number of piperazine rings is 1. The zero-order valence-corrected chi connectivity index (χ0v) is 21.4. The van der Waals surface area contributed by atoms with Crippen molar-refractivity contribution >= 4 is 46.5 Å². The van der Waals surface area contributed by atoms with Gasteiger partial charge in [0.25, 0.3) is 0 Å².